The summed E-state index contributed by atoms with van der Waals surface area (Å²) >= 11 is 0. The lowest BCUT2D eigenvalue weighted by molar-refractivity contribution is 0.227. The predicted molar refractivity (Wildman–Crippen MR) is 80.2 cm³/mol. The molecule has 19 heavy (non-hydrogen) atoms. The molecule has 0 aromatic heterocycles. The van der Waals surface area contributed by atoms with Crippen LogP contribution in [0.15, 0.2) is 48.1 Å². The number of hydrogen-bond acceptors (Lipinski definition) is 3. The maximum Gasteiger partial charge on any atom is 0.0959 e. The van der Waals surface area contributed by atoms with Crippen molar-refractivity contribution >= 4 is 5.69 Å². The summed E-state index contributed by atoms with van der Waals surface area (Å²) in [6.45, 7) is 1.21. The van der Waals surface area contributed by atoms with Gasteiger partial charge in [-0.15, -0.1) is 0 Å². The van der Waals surface area contributed by atoms with Crippen molar-refractivity contribution in [2.75, 3.05) is 18.4 Å². The van der Waals surface area contributed by atoms with Crippen LogP contribution >= 0.6 is 0 Å². The zero-order valence-corrected chi connectivity index (χ0v) is 11.2. The molecule has 1 unspecified atom stereocenters. The van der Waals surface area contributed by atoms with Gasteiger partial charge in [0.2, 0.25) is 0 Å². The van der Waals surface area contributed by atoms with E-state index in [1.165, 1.54) is 5.56 Å². The molecule has 0 aliphatic heterocycles. The number of hydrogen-bond donors (Lipinski definition) is 3. The van der Waals surface area contributed by atoms with Crippen molar-refractivity contribution in [1.82, 2.24) is 0 Å². The molecule has 1 aromatic carbocycles. The lowest BCUT2D eigenvalue weighted by Crippen LogP contribution is -2.21. The highest BCUT2D eigenvalue weighted by molar-refractivity contribution is 5.45. The standard InChI is InChI=1S/C16H22N2O/c17-11-10-13-6-8-15(9-7-13)18-12-16(19)14-4-2-1-3-5-14/h2,4-9,16,18-19H,1,3,10-12,17H2. The quantitative estimate of drug-likeness (QED) is 0.733. The Hall–Kier alpha value is -1.58. The van der Waals surface area contributed by atoms with Crippen LogP contribution < -0.4 is 11.1 Å². The number of rotatable bonds is 6. The largest absolute Gasteiger partial charge is 0.387 e. The number of anilines is 1. The molecule has 1 aliphatic carbocycles. The topological polar surface area (TPSA) is 58.3 Å². The van der Waals surface area contributed by atoms with Crippen LogP contribution in [-0.2, 0) is 6.42 Å². The fraction of sp³-hybridized carbons (Fsp3) is 0.375. The second kappa shape index (κ2) is 7.12. The predicted octanol–water partition coefficient (Wildman–Crippen LogP) is 2.24. The maximum atomic E-state index is 10.1. The van der Waals surface area contributed by atoms with Gasteiger partial charge in [0.05, 0.1) is 6.10 Å². The number of benzene rings is 1. The molecule has 3 nitrogen and oxygen atoms in total. The van der Waals surface area contributed by atoms with Crippen LogP contribution in [-0.4, -0.2) is 24.3 Å². The van der Waals surface area contributed by atoms with Crippen molar-refractivity contribution < 1.29 is 5.11 Å². The van der Waals surface area contributed by atoms with Gasteiger partial charge in [0, 0.05) is 12.2 Å². The Morgan fingerprint density at radius 3 is 2.63 bits per heavy atom. The lowest BCUT2D eigenvalue weighted by atomic mass is 10.0. The molecular weight excluding hydrogens is 236 g/mol. The van der Waals surface area contributed by atoms with E-state index in [2.05, 4.69) is 29.6 Å². The summed E-state index contributed by atoms with van der Waals surface area (Å²) in [6, 6.07) is 8.20. The van der Waals surface area contributed by atoms with E-state index >= 15 is 0 Å². The van der Waals surface area contributed by atoms with Gasteiger partial charge in [-0.2, -0.15) is 0 Å². The number of nitrogens with one attached hydrogen (secondary N) is 1. The van der Waals surface area contributed by atoms with Gasteiger partial charge in [0.1, 0.15) is 0 Å². The van der Waals surface area contributed by atoms with E-state index in [1.54, 1.807) is 0 Å². The highest BCUT2D eigenvalue weighted by Gasteiger charge is 2.09. The van der Waals surface area contributed by atoms with Gasteiger partial charge in [-0.25, -0.2) is 0 Å². The Labute approximate surface area is 114 Å². The molecule has 4 N–H and O–H groups in total. The summed E-state index contributed by atoms with van der Waals surface area (Å²) in [6.07, 6.45) is 8.79. The van der Waals surface area contributed by atoms with Crippen molar-refractivity contribution in [3.8, 4) is 0 Å². The van der Waals surface area contributed by atoms with Crippen LogP contribution in [0.3, 0.4) is 0 Å². The van der Waals surface area contributed by atoms with Crippen molar-refractivity contribution in [2.45, 2.75) is 25.4 Å². The molecule has 0 saturated carbocycles. The summed E-state index contributed by atoms with van der Waals surface area (Å²) in [5.41, 5.74) is 8.80. The fourth-order valence-corrected chi connectivity index (χ4v) is 2.17. The van der Waals surface area contributed by atoms with E-state index in [9.17, 15) is 5.11 Å². The molecule has 2 rings (SSSR count). The SMILES string of the molecule is NCCc1ccc(NCC(O)C2=CCCC=C2)cc1. The van der Waals surface area contributed by atoms with Crippen molar-refractivity contribution in [1.29, 1.82) is 0 Å². The maximum absolute atomic E-state index is 10.1. The third-order valence-electron chi connectivity index (χ3n) is 3.29. The molecule has 3 heteroatoms. The number of allylic oxidation sites excluding steroid dienone is 2. The fourth-order valence-electron chi connectivity index (χ4n) is 2.17. The van der Waals surface area contributed by atoms with Crippen LogP contribution in [0.25, 0.3) is 0 Å². The molecule has 1 aromatic rings. The molecule has 0 heterocycles. The highest BCUT2D eigenvalue weighted by Crippen LogP contribution is 2.15. The second-order valence-corrected chi connectivity index (χ2v) is 4.82. The number of aliphatic hydroxyl groups excluding tert-OH is 1. The lowest BCUT2D eigenvalue weighted by Gasteiger charge is -2.16. The third-order valence-corrected chi connectivity index (χ3v) is 3.29. The van der Waals surface area contributed by atoms with Gasteiger partial charge in [-0.3, -0.25) is 0 Å². The molecule has 0 amide bonds. The van der Waals surface area contributed by atoms with E-state index in [0.29, 0.717) is 13.1 Å². The zero-order chi connectivity index (χ0) is 13.5. The molecule has 0 saturated heterocycles. The summed E-state index contributed by atoms with van der Waals surface area (Å²) in [5, 5.41) is 13.3. The van der Waals surface area contributed by atoms with Crippen molar-refractivity contribution in [2.24, 2.45) is 5.73 Å². The minimum absolute atomic E-state index is 0.444. The van der Waals surface area contributed by atoms with Crippen molar-refractivity contribution in [3.05, 3.63) is 53.6 Å². The van der Waals surface area contributed by atoms with Gasteiger partial charge in [-0.1, -0.05) is 30.4 Å². The Morgan fingerprint density at radius 1 is 1.21 bits per heavy atom. The van der Waals surface area contributed by atoms with E-state index in [0.717, 1.165) is 30.5 Å². The number of nitrogens with two attached hydrogens (primary N) is 1. The Bertz CT molecular complexity index is 448. The van der Waals surface area contributed by atoms with E-state index < -0.39 is 6.10 Å². The van der Waals surface area contributed by atoms with Gasteiger partial charge in [0.25, 0.3) is 0 Å². The van der Waals surface area contributed by atoms with Gasteiger partial charge >= 0.3 is 0 Å². The zero-order valence-electron chi connectivity index (χ0n) is 11.2. The molecule has 1 aliphatic rings. The smallest absolute Gasteiger partial charge is 0.0959 e. The van der Waals surface area contributed by atoms with Crippen LogP contribution in [0, 0.1) is 0 Å². The first-order chi connectivity index (χ1) is 9.29. The molecule has 0 spiro atoms. The first kappa shape index (κ1) is 13.8. The van der Waals surface area contributed by atoms with E-state index in [4.69, 9.17) is 5.73 Å². The number of aliphatic hydroxyl groups is 1. The van der Waals surface area contributed by atoms with Crippen LogP contribution in [0.2, 0.25) is 0 Å². The first-order valence-electron chi connectivity index (χ1n) is 6.87. The van der Waals surface area contributed by atoms with Crippen LogP contribution in [0.5, 0.6) is 0 Å². The van der Waals surface area contributed by atoms with Gasteiger partial charge in [0.15, 0.2) is 0 Å². The summed E-state index contributed by atoms with van der Waals surface area (Å²) in [4.78, 5) is 0. The molecule has 0 bridgehead atoms. The molecular formula is C16H22N2O. The average molecular weight is 258 g/mol. The van der Waals surface area contributed by atoms with E-state index in [1.807, 2.05) is 18.2 Å². The summed E-state index contributed by atoms with van der Waals surface area (Å²) in [5.74, 6) is 0. The second-order valence-electron chi connectivity index (χ2n) is 4.82. The Balaban J connectivity index is 1.84. The molecule has 0 fully saturated rings. The van der Waals surface area contributed by atoms with Crippen LogP contribution in [0.4, 0.5) is 5.69 Å². The minimum atomic E-state index is -0.444. The monoisotopic (exact) mass is 258 g/mol. The average Bonchev–Trinajstić information content (AvgIpc) is 2.47. The van der Waals surface area contributed by atoms with Crippen LogP contribution in [0.1, 0.15) is 18.4 Å². The third kappa shape index (κ3) is 4.23. The first-order valence-corrected chi connectivity index (χ1v) is 6.87. The Kier molecular flexibility index (Phi) is 5.19. The van der Waals surface area contributed by atoms with Crippen molar-refractivity contribution in [3.63, 3.8) is 0 Å². The van der Waals surface area contributed by atoms with Gasteiger partial charge < -0.3 is 16.2 Å². The summed E-state index contributed by atoms with van der Waals surface area (Å²) in [7, 11) is 0. The molecule has 0 radical (unpaired) electrons. The highest BCUT2D eigenvalue weighted by atomic mass is 16.3. The minimum Gasteiger partial charge on any atom is -0.387 e. The molecule has 102 valence electrons. The summed E-state index contributed by atoms with van der Waals surface area (Å²) < 4.78 is 0. The molecule has 1 atom stereocenters. The normalized spacial score (nSPS) is 16.0. The van der Waals surface area contributed by atoms with E-state index in [-0.39, 0.29) is 0 Å². The Morgan fingerprint density at radius 2 is 2.00 bits per heavy atom. The van der Waals surface area contributed by atoms with Gasteiger partial charge in [-0.05, 0) is 49.1 Å².